The molecule has 2 fully saturated rings. The van der Waals surface area contributed by atoms with Crippen LogP contribution in [0.4, 0.5) is 0 Å². The minimum absolute atomic E-state index is 0.0779. The molecule has 154 valence electrons. The molecule has 1 N–H and O–H groups in total. The SMILES string of the molecule is CC(=O)C1(CCCCCc2ccc(CCCCCC3(C(=O)O)CC3)cc2)CC1. The number of ketones is 1. The molecule has 1 aromatic rings. The number of hydrogen-bond acceptors (Lipinski definition) is 2. The first kappa shape index (κ1) is 21.1. The third-order valence-electron chi connectivity index (χ3n) is 7.17. The summed E-state index contributed by atoms with van der Waals surface area (Å²) < 4.78 is 0. The maximum Gasteiger partial charge on any atom is 0.309 e. The molecule has 2 saturated carbocycles. The number of Topliss-reactive ketones (excluding diaryl/α,β-unsaturated/α-hetero) is 1. The van der Waals surface area contributed by atoms with Crippen molar-refractivity contribution in [3.05, 3.63) is 35.4 Å². The Morgan fingerprint density at radius 2 is 1.18 bits per heavy atom. The zero-order valence-electron chi connectivity index (χ0n) is 17.5. The van der Waals surface area contributed by atoms with Gasteiger partial charge in [-0.05, 0) is 82.3 Å². The summed E-state index contributed by atoms with van der Waals surface area (Å²) in [5.74, 6) is -0.189. The zero-order valence-corrected chi connectivity index (χ0v) is 17.5. The highest BCUT2D eigenvalue weighted by atomic mass is 16.4. The fraction of sp³-hybridized carbons (Fsp3) is 0.680. The van der Waals surface area contributed by atoms with Crippen molar-refractivity contribution in [3.8, 4) is 0 Å². The Hall–Kier alpha value is -1.64. The standard InChI is InChI=1S/C25H36O3/c1-20(26)24(16-17-24)14-6-2-4-8-21-10-12-22(13-11-21)9-5-3-7-15-25(18-19-25)23(27)28/h10-13H,2-9,14-19H2,1H3,(H,27,28). The van der Waals surface area contributed by atoms with Crippen molar-refractivity contribution in [2.45, 2.75) is 96.8 Å². The summed E-state index contributed by atoms with van der Waals surface area (Å²) in [4.78, 5) is 22.8. The fourth-order valence-corrected chi connectivity index (χ4v) is 4.46. The molecule has 2 aliphatic rings. The van der Waals surface area contributed by atoms with Gasteiger partial charge in [0, 0.05) is 5.41 Å². The first-order chi connectivity index (χ1) is 13.5. The van der Waals surface area contributed by atoms with E-state index < -0.39 is 5.97 Å². The van der Waals surface area contributed by atoms with Crippen LogP contribution in [0.3, 0.4) is 0 Å². The average Bonchev–Trinajstić information content (AvgIpc) is 3.58. The second-order valence-electron chi connectivity index (χ2n) is 9.36. The van der Waals surface area contributed by atoms with Crippen LogP contribution in [0.15, 0.2) is 24.3 Å². The number of carbonyl (C=O) groups is 2. The number of unbranched alkanes of at least 4 members (excludes halogenated alkanes) is 4. The van der Waals surface area contributed by atoms with Gasteiger partial charge in [0.05, 0.1) is 5.41 Å². The van der Waals surface area contributed by atoms with Gasteiger partial charge in [0.15, 0.2) is 0 Å². The number of rotatable bonds is 14. The molecular formula is C25H36O3. The Bertz CT molecular complexity index is 607. The van der Waals surface area contributed by atoms with E-state index in [9.17, 15) is 14.7 Å². The van der Waals surface area contributed by atoms with Crippen LogP contribution in [0.25, 0.3) is 0 Å². The lowest BCUT2D eigenvalue weighted by Gasteiger charge is -2.10. The molecule has 0 heterocycles. The largest absolute Gasteiger partial charge is 0.481 e. The first-order valence-electron chi connectivity index (χ1n) is 11.3. The molecule has 1 aromatic carbocycles. The lowest BCUT2D eigenvalue weighted by molar-refractivity contribution is -0.143. The van der Waals surface area contributed by atoms with E-state index in [-0.39, 0.29) is 10.8 Å². The average molecular weight is 385 g/mol. The zero-order chi connectivity index (χ0) is 20.0. The van der Waals surface area contributed by atoms with Crippen LogP contribution < -0.4 is 0 Å². The van der Waals surface area contributed by atoms with Gasteiger partial charge in [0.2, 0.25) is 0 Å². The summed E-state index contributed by atoms with van der Waals surface area (Å²) in [6.45, 7) is 1.76. The van der Waals surface area contributed by atoms with Crippen LogP contribution in [0, 0.1) is 10.8 Å². The van der Waals surface area contributed by atoms with E-state index in [1.165, 1.54) is 30.4 Å². The minimum Gasteiger partial charge on any atom is -0.481 e. The van der Waals surface area contributed by atoms with Gasteiger partial charge in [-0.25, -0.2) is 0 Å². The number of carboxylic acids is 1. The van der Waals surface area contributed by atoms with Gasteiger partial charge < -0.3 is 5.11 Å². The molecule has 3 nitrogen and oxygen atoms in total. The molecule has 0 radical (unpaired) electrons. The Balaban J connectivity index is 1.24. The molecule has 28 heavy (non-hydrogen) atoms. The van der Waals surface area contributed by atoms with Crippen LogP contribution in [0.2, 0.25) is 0 Å². The quantitative estimate of drug-likeness (QED) is 0.393. The van der Waals surface area contributed by atoms with Crippen LogP contribution in [-0.4, -0.2) is 16.9 Å². The molecular weight excluding hydrogens is 348 g/mol. The second kappa shape index (κ2) is 9.24. The van der Waals surface area contributed by atoms with Crippen LogP contribution in [0.5, 0.6) is 0 Å². The second-order valence-corrected chi connectivity index (χ2v) is 9.36. The highest BCUT2D eigenvalue weighted by molar-refractivity contribution is 5.84. The van der Waals surface area contributed by atoms with Crippen molar-refractivity contribution in [3.63, 3.8) is 0 Å². The number of aryl methyl sites for hydroxylation is 2. The van der Waals surface area contributed by atoms with E-state index in [0.29, 0.717) is 5.78 Å². The predicted octanol–water partition coefficient (Wildman–Crippen LogP) is 6.13. The Kier molecular flexibility index (Phi) is 6.95. The monoisotopic (exact) mass is 384 g/mol. The predicted molar refractivity (Wildman–Crippen MR) is 112 cm³/mol. The molecule has 3 rings (SSSR count). The van der Waals surface area contributed by atoms with Gasteiger partial charge in [-0.3, -0.25) is 9.59 Å². The molecule has 3 heteroatoms. The summed E-state index contributed by atoms with van der Waals surface area (Å²) in [6.07, 6.45) is 15.1. The van der Waals surface area contributed by atoms with Crippen molar-refractivity contribution in [2.24, 2.45) is 10.8 Å². The molecule has 0 saturated heterocycles. The Morgan fingerprint density at radius 3 is 1.54 bits per heavy atom. The summed E-state index contributed by atoms with van der Waals surface area (Å²) in [5.41, 5.74) is 2.52. The lowest BCUT2D eigenvalue weighted by Crippen LogP contribution is -2.14. The van der Waals surface area contributed by atoms with E-state index in [4.69, 9.17) is 0 Å². The molecule has 0 bridgehead atoms. The Labute approximate surface area is 169 Å². The number of benzene rings is 1. The van der Waals surface area contributed by atoms with Gasteiger partial charge in [0.25, 0.3) is 0 Å². The third-order valence-corrected chi connectivity index (χ3v) is 7.17. The van der Waals surface area contributed by atoms with Gasteiger partial charge >= 0.3 is 5.97 Å². The van der Waals surface area contributed by atoms with E-state index >= 15 is 0 Å². The van der Waals surface area contributed by atoms with E-state index in [1.54, 1.807) is 6.92 Å². The minimum atomic E-state index is -0.589. The molecule has 0 amide bonds. The summed E-state index contributed by atoms with van der Waals surface area (Å²) in [6, 6.07) is 9.03. The highest BCUT2D eigenvalue weighted by Crippen LogP contribution is 2.51. The Morgan fingerprint density at radius 1 is 0.750 bits per heavy atom. The van der Waals surface area contributed by atoms with Crippen molar-refractivity contribution >= 4 is 11.8 Å². The van der Waals surface area contributed by atoms with Gasteiger partial charge in [-0.2, -0.15) is 0 Å². The molecule has 0 spiro atoms. The molecule has 0 atom stereocenters. The fourth-order valence-electron chi connectivity index (χ4n) is 4.46. The van der Waals surface area contributed by atoms with Crippen molar-refractivity contribution in [1.29, 1.82) is 0 Å². The van der Waals surface area contributed by atoms with Crippen LogP contribution >= 0.6 is 0 Å². The maximum atomic E-state index is 11.6. The van der Waals surface area contributed by atoms with Crippen molar-refractivity contribution in [1.82, 2.24) is 0 Å². The topological polar surface area (TPSA) is 54.4 Å². The molecule has 0 unspecified atom stereocenters. The summed E-state index contributed by atoms with van der Waals surface area (Å²) in [5, 5.41) is 9.20. The summed E-state index contributed by atoms with van der Waals surface area (Å²) in [7, 11) is 0. The third kappa shape index (κ3) is 5.68. The van der Waals surface area contributed by atoms with Crippen LogP contribution in [0.1, 0.15) is 95.1 Å². The van der Waals surface area contributed by atoms with Crippen molar-refractivity contribution < 1.29 is 14.7 Å². The lowest BCUT2D eigenvalue weighted by atomic mass is 9.93. The first-order valence-corrected chi connectivity index (χ1v) is 11.3. The van der Waals surface area contributed by atoms with Crippen molar-refractivity contribution in [2.75, 3.05) is 0 Å². The van der Waals surface area contributed by atoms with E-state index in [0.717, 1.165) is 70.6 Å². The molecule has 0 aromatic heterocycles. The van der Waals surface area contributed by atoms with Gasteiger partial charge in [-0.1, -0.05) is 49.9 Å². The smallest absolute Gasteiger partial charge is 0.309 e. The van der Waals surface area contributed by atoms with Crippen LogP contribution in [-0.2, 0) is 22.4 Å². The van der Waals surface area contributed by atoms with Gasteiger partial charge in [-0.15, -0.1) is 0 Å². The van der Waals surface area contributed by atoms with Gasteiger partial charge in [0.1, 0.15) is 5.78 Å². The maximum absolute atomic E-state index is 11.6. The summed E-state index contributed by atoms with van der Waals surface area (Å²) >= 11 is 0. The number of carbonyl (C=O) groups excluding carboxylic acids is 1. The number of aliphatic carboxylic acids is 1. The molecule has 0 aliphatic heterocycles. The number of hydrogen-bond donors (Lipinski definition) is 1. The highest BCUT2D eigenvalue weighted by Gasteiger charge is 2.49. The number of carboxylic acid groups (broad SMARTS) is 1. The van der Waals surface area contributed by atoms with E-state index in [2.05, 4.69) is 24.3 Å². The van der Waals surface area contributed by atoms with E-state index in [1.807, 2.05) is 0 Å². The molecule has 2 aliphatic carbocycles. The normalized spacial score (nSPS) is 18.6.